The number of thioether (sulfide) groups is 1. The zero-order chi connectivity index (χ0) is 18.4. The molecule has 0 spiro atoms. The molecule has 0 aromatic carbocycles. The third kappa shape index (κ3) is 4.38. The molecule has 26 heavy (non-hydrogen) atoms. The number of nitrogens with zero attached hydrogens (tertiary/aromatic N) is 5. The standard InChI is InChI=1S/C17H26N6O2S/c1-3-11-26-16-20-14(22-8-5-6-9-22)13-12-19-23(15(13)21-16)10-7-18-17(24)25-4-2/h12H,3-11H2,1-2H3,(H,18,24). The molecule has 0 aliphatic carbocycles. The Balaban J connectivity index is 1.82. The number of carbonyl (C=O) groups excluding carboxylic acids is 1. The molecule has 9 heteroatoms. The number of fused-ring (bicyclic) bond motifs is 1. The summed E-state index contributed by atoms with van der Waals surface area (Å²) in [6, 6.07) is 0. The van der Waals surface area contributed by atoms with Crippen molar-refractivity contribution in [3.63, 3.8) is 0 Å². The number of hydrogen-bond acceptors (Lipinski definition) is 7. The molecule has 0 unspecified atom stereocenters. The van der Waals surface area contributed by atoms with Crippen LogP contribution in [0.25, 0.3) is 11.0 Å². The van der Waals surface area contributed by atoms with Crippen LogP contribution in [-0.2, 0) is 11.3 Å². The van der Waals surface area contributed by atoms with Gasteiger partial charge in [-0.3, -0.25) is 0 Å². The Labute approximate surface area is 157 Å². The highest BCUT2D eigenvalue weighted by Crippen LogP contribution is 2.29. The molecule has 2 aromatic heterocycles. The Morgan fingerprint density at radius 3 is 2.85 bits per heavy atom. The monoisotopic (exact) mass is 378 g/mol. The lowest BCUT2D eigenvalue weighted by Crippen LogP contribution is -2.28. The van der Waals surface area contributed by atoms with Gasteiger partial charge in [-0.15, -0.1) is 0 Å². The molecule has 0 atom stereocenters. The molecule has 0 radical (unpaired) electrons. The molecule has 8 nitrogen and oxygen atoms in total. The fraction of sp³-hybridized carbons (Fsp3) is 0.647. The Hall–Kier alpha value is -2.03. The van der Waals surface area contributed by atoms with E-state index in [1.54, 1.807) is 18.7 Å². The smallest absolute Gasteiger partial charge is 0.407 e. The van der Waals surface area contributed by atoms with Gasteiger partial charge in [0.05, 0.1) is 24.7 Å². The molecule has 3 heterocycles. The lowest BCUT2D eigenvalue weighted by atomic mass is 10.3. The van der Waals surface area contributed by atoms with Gasteiger partial charge in [-0.25, -0.2) is 19.4 Å². The first-order chi connectivity index (χ1) is 12.7. The van der Waals surface area contributed by atoms with E-state index < -0.39 is 6.09 Å². The Morgan fingerprint density at radius 2 is 2.12 bits per heavy atom. The van der Waals surface area contributed by atoms with Gasteiger partial charge in [0.25, 0.3) is 0 Å². The molecular formula is C17H26N6O2S. The number of alkyl carbamates (subject to hydrolysis) is 1. The maximum absolute atomic E-state index is 11.4. The van der Waals surface area contributed by atoms with E-state index in [4.69, 9.17) is 14.7 Å². The highest BCUT2D eigenvalue weighted by molar-refractivity contribution is 7.99. The summed E-state index contributed by atoms with van der Waals surface area (Å²) in [6.45, 7) is 7.33. The van der Waals surface area contributed by atoms with E-state index in [1.165, 1.54) is 12.8 Å². The Bertz CT molecular complexity index is 744. The minimum Gasteiger partial charge on any atom is -0.450 e. The van der Waals surface area contributed by atoms with Gasteiger partial charge in [0.2, 0.25) is 0 Å². The van der Waals surface area contributed by atoms with Gasteiger partial charge in [-0.05, 0) is 26.2 Å². The summed E-state index contributed by atoms with van der Waals surface area (Å²) in [6.07, 6.45) is 4.90. The minimum atomic E-state index is -0.407. The van der Waals surface area contributed by atoms with Crippen molar-refractivity contribution in [2.45, 2.75) is 44.8 Å². The number of nitrogens with one attached hydrogen (secondary N) is 1. The predicted molar refractivity (Wildman–Crippen MR) is 103 cm³/mol. The van der Waals surface area contributed by atoms with Crippen molar-refractivity contribution in [2.24, 2.45) is 0 Å². The van der Waals surface area contributed by atoms with Crippen molar-refractivity contribution in [3.8, 4) is 0 Å². The highest BCUT2D eigenvalue weighted by Gasteiger charge is 2.20. The molecule has 1 aliphatic heterocycles. The lowest BCUT2D eigenvalue weighted by molar-refractivity contribution is 0.152. The summed E-state index contributed by atoms with van der Waals surface area (Å²) in [5.41, 5.74) is 0.825. The lowest BCUT2D eigenvalue weighted by Gasteiger charge is -2.18. The summed E-state index contributed by atoms with van der Waals surface area (Å²) < 4.78 is 6.72. The number of anilines is 1. The normalized spacial score (nSPS) is 14.2. The molecule has 1 aliphatic rings. The first kappa shape index (κ1) is 18.8. The second-order valence-electron chi connectivity index (χ2n) is 6.12. The van der Waals surface area contributed by atoms with Gasteiger partial charge in [0.1, 0.15) is 5.82 Å². The van der Waals surface area contributed by atoms with Crippen molar-refractivity contribution >= 4 is 34.7 Å². The van der Waals surface area contributed by atoms with Crippen LogP contribution in [0, 0.1) is 0 Å². The Morgan fingerprint density at radius 1 is 1.31 bits per heavy atom. The van der Waals surface area contributed by atoms with Crippen molar-refractivity contribution in [1.82, 2.24) is 25.1 Å². The molecule has 0 bridgehead atoms. The summed E-state index contributed by atoms with van der Waals surface area (Å²) in [7, 11) is 0. The average Bonchev–Trinajstić information content (AvgIpc) is 3.30. The molecular weight excluding hydrogens is 352 g/mol. The van der Waals surface area contributed by atoms with Crippen molar-refractivity contribution in [3.05, 3.63) is 6.20 Å². The molecule has 1 fully saturated rings. The number of hydrogen-bond donors (Lipinski definition) is 1. The molecule has 0 saturated carbocycles. The van der Waals surface area contributed by atoms with Crippen molar-refractivity contribution in [2.75, 3.05) is 36.9 Å². The first-order valence-corrected chi connectivity index (χ1v) is 10.2. The number of carbonyl (C=O) groups is 1. The number of rotatable bonds is 8. The van der Waals surface area contributed by atoms with E-state index in [0.29, 0.717) is 19.7 Å². The largest absolute Gasteiger partial charge is 0.450 e. The van der Waals surface area contributed by atoms with Crippen LogP contribution in [0.15, 0.2) is 11.4 Å². The third-order valence-electron chi connectivity index (χ3n) is 4.16. The van der Waals surface area contributed by atoms with Crippen molar-refractivity contribution < 1.29 is 9.53 Å². The van der Waals surface area contributed by atoms with Crippen LogP contribution < -0.4 is 10.2 Å². The van der Waals surface area contributed by atoms with Crippen LogP contribution in [0.1, 0.15) is 33.1 Å². The van der Waals surface area contributed by atoms with E-state index in [2.05, 4.69) is 22.2 Å². The zero-order valence-corrected chi connectivity index (χ0v) is 16.2. The van der Waals surface area contributed by atoms with E-state index in [1.807, 2.05) is 10.9 Å². The second-order valence-corrected chi connectivity index (χ2v) is 7.19. The van der Waals surface area contributed by atoms with Crippen LogP contribution in [0.3, 0.4) is 0 Å². The number of ether oxygens (including phenoxy) is 1. The van der Waals surface area contributed by atoms with E-state index in [-0.39, 0.29) is 0 Å². The summed E-state index contributed by atoms with van der Waals surface area (Å²) >= 11 is 1.68. The van der Waals surface area contributed by atoms with Gasteiger partial charge >= 0.3 is 6.09 Å². The third-order valence-corrected chi connectivity index (χ3v) is 5.22. The molecule has 1 amide bonds. The molecule has 2 aromatic rings. The highest BCUT2D eigenvalue weighted by atomic mass is 32.2. The topological polar surface area (TPSA) is 85.2 Å². The first-order valence-electron chi connectivity index (χ1n) is 9.24. The van der Waals surface area contributed by atoms with Crippen LogP contribution in [-0.4, -0.2) is 57.8 Å². The van der Waals surface area contributed by atoms with Gasteiger partial charge in [-0.2, -0.15) is 5.10 Å². The number of amides is 1. The van der Waals surface area contributed by atoms with Gasteiger partial charge < -0.3 is 15.0 Å². The van der Waals surface area contributed by atoms with E-state index in [0.717, 1.165) is 47.3 Å². The Kier molecular flexibility index (Phi) is 6.54. The molecule has 142 valence electrons. The fourth-order valence-corrected chi connectivity index (χ4v) is 3.65. The van der Waals surface area contributed by atoms with Gasteiger partial charge in [0.15, 0.2) is 10.8 Å². The van der Waals surface area contributed by atoms with Crippen LogP contribution in [0.4, 0.5) is 10.6 Å². The van der Waals surface area contributed by atoms with Crippen molar-refractivity contribution in [1.29, 1.82) is 0 Å². The average molecular weight is 379 g/mol. The van der Waals surface area contributed by atoms with Gasteiger partial charge in [-0.1, -0.05) is 18.7 Å². The van der Waals surface area contributed by atoms with E-state index in [9.17, 15) is 4.79 Å². The maximum Gasteiger partial charge on any atom is 0.407 e. The second kappa shape index (κ2) is 9.07. The zero-order valence-electron chi connectivity index (χ0n) is 15.4. The predicted octanol–water partition coefficient (Wildman–Crippen LogP) is 2.67. The summed E-state index contributed by atoms with van der Waals surface area (Å²) in [5, 5.41) is 8.97. The fourth-order valence-electron chi connectivity index (χ4n) is 2.96. The van der Waals surface area contributed by atoms with Crippen LogP contribution >= 0.6 is 11.8 Å². The van der Waals surface area contributed by atoms with E-state index >= 15 is 0 Å². The maximum atomic E-state index is 11.4. The quantitative estimate of drug-likeness (QED) is 0.558. The number of aromatic nitrogens is 4. The summed E-state index contributed by atoms with van der Waals surface area (Å²) in [4.78, 5) is 23.3. The molecule has 1 saturated heterocycles. The van der Waals surface area contributed by atoms with Crippen LogP contribution in [0.5, 0.6) is 0 Å². The SMILES string of the molecule is CCCSc1nc(N2CCCC2)c2cnn(CCNC(=O)OCC)c2n1. The molecule has 3 rings (SSSR count). The van der Waals surface area contributed by atoms with Crippen LogP contribution in [0.2, 0.25) is 0 Å². The summed E-state index contributed by atoms with van der Waals surface area (Å²) in [5.74, 6) is 1.97. The minimum absolute atomic E-state index is 0.362. The molecule has 1 N–H and O–H groups in total. The van der Waals surface area contributed by atoms with Gasteiger partial charge in [0, 0.05) is 25.4 Å².